The molecule has 124 valence electrons. The molecule has 1 aromatic rings. The minimum Gasteiger partial charge on any atom is -0.478 e. The second-order valence-corrected chi connectivity index (χ2v) is 8.11. The Labute approximate surface area is 135 Å². The van der Waals surface area contributed by atoms with Crippen molar-refractivity contribution in [3.8, 4) is 0 Å². The number of nitro benzene ring substituents is 1. The molecule has 6 heteroatoms. The van der Waals surface area contributed by atoms with Crippen molar-refractivity contribution in [2.75, 3.05) is 11.4 Å². The largest absolute Gasteiger partial charge is 0.478 e. The fourth-order valence-electron chi connectivity index (χ4n) is 4.79. The van der Waals surface area contributed by atoms with Gasteiger partial charge < -0.3 is 10.0 Å². The van der Waals surface area contributed by atoms with Crippen LogP contribution in [0, 0.1) is 20.9 Å². The van der Waals surface area contributed by atoms with E-state index in [1.807, 2.05) is 0 Å². The SMILES string of the molecule is CC1(C)C[C@H]2C[C@](C)(CN2c2ccc(C(=O)O)cc2[N+](=O)[O-])C1. The maximum atomic E-state index is 11.4. The smallest absolute Gasteiger partial charge is 0.335 e. The maximum Gasteiger partial charge on any atom is 0.335 e. The lowest BCUT2D eigenvalue weighted by atomic mass is 9.65. The number of nitrogens with zero attached hydrogens (tertiary/aromatic N) is 2. The number of nitro groups is 1. The number of benzene rings is 1. The minimum atomic E-state index is -1.15. The first kappa shape index (κ1) is 15.8. The van der Waals surface area contributed by atoms with Gasteiger partial charge in [0.1, 0.15) is 5.69 Å². The fourth-order valence-corrected chi connectivity index (χ4v) is 4.79. The highest BCUT2D eigenvalue weighted by Gasteiger charge is 2.50. The zero-order valence-electron chi connectivity index (χ0n) is 13.7. The molecule has 2 fully saturated rings. The number of hydrogen-bond donors (Lipinski definition) is 1. The molecule has 6 nitrogen and oxygen atoms in total. The molecule has 2 aliphatic rings. The van der Waals surface area contributed by atoms with Gasteiger partial charge in [-0.05, 0) is 42.2 Å². The van der Waals surface area contributed by atoms with Gasteiger partial charge in [-0.2, -0.15) is 0 Å². The lowest BCUT2D eigenvalue weighted by Gasteiger charge is -2.39. The van der Waals surface area contributed by atoms with E-state index in [0.717, 1.165) is 25.8 Å². The van der Waals surface area contributed by atoms with Crippen molar-refractivity contribution < 1.29 is 14.8 Å². The highest BCUT2D eigenvalue weighted by Crippen LogP contribution is 2.54. The summed E-state index contributed by atoms with van der Waals surface area (Å²) < 4.78 is 0. The van der Waals surface area contributed by atoms with Gasteiger partial charge in [-0.1, -0.05) is 20.8 Å². The molecule has 0 spiro atoms. The van der Waals surface area contributed by atoms with E-state index >= 15 is 0 Å². The first-order chi connectivity index (χ1) is 10.6. The molecule has 1 saturated heterocycles. The van der Waals surface area contributed by atoms with Crippen molar-refractivity contribution in [3.63, 3.8) is 0 Å². The van der Waals surface area contributed by atoms with Gasteiger partial charge in [0.05, 0.1) is 10.5 Å². The number of aromatic carboxylic acids is 1. The highest BCUT2D eigenvalue weighted by molar-refractivity contribution is 5.90. The summed E-state index contributed by atoms with van der Waals surface area (Å²) in [5, 5.41) is 20.5. The number of carbonyl (C=O) groups is 1. The van der Waals surface area contributed by atoms with Gasteiger partial charge >= 0.3 is 5.97 Å². The molecule has 2 bridgehead atoms. The molecular formula is C17H22N2O4. The third-order valence-electron chi connectivity index (χ3n) is 5.14. The summed E-state index contributed by atoms with van der Waals surface area (Å²) in [4.78, 5) is 24.2. The maximum absolute atomic E-state index is 11.4. The minimum absolute atomic E-state index is 0.0471. The van der Waals surface area contributed by atoms with Crippen LogP contribution in [0.2, 0.25) is 0 Å². The van der Waals surface area contributed by atoms with Crippen LogP contribution in [0.4, 0.5) is 11.4 Å². The third kappa shape index (κ3) is 2.78. The van der Waals surface area contributed by atoms with Crippen molar-refractivity contribution in [2.24, 2.45) is 10.8 Å². The standard InChI is InChI=1S/C17H22N2O4/c1-16(2)7-12-8-17(3,9-16)10-18(12)13-5-4-11(15(20)21)6-14(13)19(22)23/h4-6,12H,7-10H2,1-3H3,(H,20,21)/t12-,17-/m0/s1. The second-order valence-electron chi connectivity index (χ2n) is 8.11. The first-order valence-electron chi connectivity index (χ1n) is 7.89. The first-order valence-corrected chi connectivity index (χ1v) is 7.89. The van der Waals surface area contributed by atoms with Crippen molar-refractivity contribution in [1.82, 2.24) is 0 Å². The van der Waals surface area contributed by atoms with Crippen LogP contribution in [0.5, 0.6) is 0 Å². The normalized spacial score (nSPS) is 28.7. The van der Waals surface area contributed by atoms with Crippen molar-refractivity contribution in [2.45, 2.75) is 46.1 Å². The molecule has 23 heavy (non-hydrogen) atoms. The van der Waals surface area contributed by atoms with Gasteiger partial charge in [0, 0.05) is 18.7 Å². The summed E-state index contributed by atoms with van der Waals surface area (Å²) in [7, 11) is 0. The number of carboxylic acids is 1. The predicted molar refractivity (Wildman–Crippen MR) is 86.9 cm³/mol. The summed E-state index contributed by atoms with van der Waals surface area (Å²) in [6.07, 6.45) is 3.14. The highest BCUT2D eigenvalue weighted by atomic mass is 16.6. The second kappa shape index (κ2) is 4.94. The van der Waals surface area contributed by atoms with Gasteiger partial charge in [-0.25, -0.2) is 4.79 Å². The topological polar surface area (TPSA) is 83.7 Å². The molecule has 2 atom stereocenters. The molecule has 0 aromatic heterocycles. The average molecular weight is 318 g/mol. The zero-order valence-corrected chi connectivity index (χ0v) is 13.7. The van der Waals surface area contributed by atoms with E-state index in [0.29, 0.717) is 5.69 Å². The molecule has 1 saturated carbocycles. The quantitative estimate of drug-likeness (QED) is 0.678. The van der Waals surface area contributed by atoms with Gasteiger partial charge in [-0.15, -0.1) is 0 Å². The van der Waals surface area contributed by atoms with E-state index < -0.39 is 10.9 Å². The predicted octanol–water partition coefficient (Wildman–Crippen LogP) is 3.70. The van der Waals surface area contributed by atoms with Gasteiger partial charge in [0.2, 0.25) is 0 Å². The van der Waals surface area contributed by atoms with E-state index in [9.17, 15) is 14.9 Å². The molecule has 1 aliphatic carbocycles. The van der Waals surface area contributed by atoms with Crippen LogP contribution in [0.25, 0.3) is 0 Å². The zero-order chi connectivity index (χ0) is 17.0. The van der Waals surface area contributed by atoms with Crippen LogP contribution in [0.15, 0.2) is 18.2 Å². The Morgan fingerprint density at radius 2 is 2.04 bits per heavy atom. The molecule has 0 radical (unpaired) electrons. The summed E-state index contributed by atoms with van der Waals surface area (Å²) in [5.74, 6) is -1.15. The number of anilines is 1. The summed E-state index contributed by atoms with van der Waals surface area (Å²) in [6.45, 7) is 7.54. The number of rotatable bonds is 3. The van der Waals surface area contributed by atoms with Crippen LogP contribution in [-0.4, -0.2) is 28.6 Å². The van der Waals surface area contributed by atoms with Gasteiger partial charge in [-0.3, -0.25) is 10.1 Å². The third-order valence-corrected chi connectivity index (χ3v) is 5.14. The van der Waals surface area contributed by atoms with Crippen LogP contribution in [0.3, 0.4) is 0 Å². The van der Waals surface area contributed by atoms with E-state index in [1.54, 1.807) is 6.07 Å². The fraction of sp³-hybridized carbons (Fsp3) is 0.588. The Bertz CT molecular complexity index is 685. The lowest BCUT2D eigenvalue weighted by Crippen LogP contribution is -2.34. The Hall–Kier alpha value is -2.11. The molecule has 0 unspecified atom stereocenters. The van der Waals surface area contributed by atoms with E-state index in [2.05, 4.69) is 25.7 Å². The summed E-state index contributed by atoms with van der Waals surface area (Å²) in [5.41, 5.74) is 0.771. The van der Waals surface area contributed by atoms with Crippen molar-refractivity contribution in [1.29, 1.82) is 0 Å². The van der Waals surface area contributed by atoms with Crippen LogP contribution in [0.1, 0.15) is 50.4 Å². The van der Waals surface area contributed by atoms with E-state index in [1.165, 1.54) is 12.1 Å². The number of fused-ring (bicyclic) bond motifs is 2. The molecule has 1 N–H and O–H groups in total. The Kier molecular flexibility index (Phi) is 3.39. The molecule has 1 heterocycles. The average Bonchev–Trinajstić information content (AvgIpc) is 2.67. The molecular weight excluding hydrogens is 296 g/mol. The van der Waals surface area contributed by atoms with Gasteiger partial charge in [0.15, 0.2) is 0 Å². The van der Waals surface area contributed by atoms with Crippen LogP contribution < -0.4 is 4.90 Å². The summed E-state index contributed by atoms with van der Waals surface area (Å²) >= 11 is 0. The summed E-state index contributed by atoms with van der Waals surface area (Å²) in [6, 6.07) is 4.50. The number of carboxylic acid groups (broad SMARTS) is 1. The monoisotopic (exact) mass is 318 g/mol. The van der Waals surface area contributed by atoms with Crippen molar-refractivity contribution >= 4 is 17.3 Å². The van der Waals surface area contributed by atoms with Crippen LogP contribution >= 0.6 is 0 Å². The van der Waals surface area contributed by atoms with E-state index in [-0.39, 0.29) is 28.1 Å². The Morgan fingerprint density at radius 1 is 1.35 bits per heavy atom. The molecule has 1 aromatic carbocycles. The molecule has 1 aliphatic heterocycles. The van der Waals surface area contributed by atoms with E-state index in [4.69, 9.17) is 5.11 Å². The molecule has 3 rings (SSSR count). The van der Waals surface area contributed by atoms with Crippen LogP contribution in [-0.2, 0) is 0 Å². The number of hydrogen-bond acceptors (Lipinski definition) is 4. The molecule has 0 amide bonds. The lowest BCUT2D eigenvalue weighted by molar-refractivity contribution is -0.384. The van der Waals surface area contributed by atoms with Crippen molar-refractivity contribution in [3.05, 3.63) is 33.9 Å². The van der Waals surface area contributed by atoms with Gasteiger partial charge in [0.25, 0.3) is 5.69 Å². The Morgan fingerprint density at radius 3 is 2.65 bits per heavy atom. The Balaban J connectivity index is 2.02.